The molecule has 3 aliphatic rings. The normalized spacial score (nSPS) is 29.3. The lowest BCUT2D eigenvalue weighted by Crippen LogP contribution is -2.40. The van der Waals surface area contributed by atoms with Crippen molar-refractivity contribution in [1.29, 1.82) is 0 Å². The molecule has 1 aromatic carbocycles. The van der Waals surface area contributed by atoms with Gasteiger partial charge in [0.15, 0.2) is 0 Å². The first-order valence-corrected chi connectivity index (χ1v) is 10.7. The van der Waals surface area contributed by atoms with Crippen molar-refractivity contribution in [3.63, 3.8) is 0 Å². The Morgan fingerprint density at radius 3 is 2.87 bits per heavy atom. The Balaban J connectivity index is 1.42. The molecule has 5 nitrogen and oxygen atoms in total. The number of hydrogen-bond acceptors (Lipinski definition) is 4. The summed E-state index contributed by atoms with van der Waals surface area (Å²) in [5.41, 5.74) is 5.42. The fourth-order valence-corrected chi connectivity index (χ4v) is 6.42. The lowest BCUT2D eigenvalue weighted by Gasteiger charge is -2.50. The van der Waals surface area contributed by atoms with Gasteiger partial charge in [0, 0.05) is 6.20 Å². The molecule has 0 bridgehead atoms. The minimum atomic E-state index is -1.26. The highest BCUT2D eigenvalue weighted by Crippen LogP contribution is 2.63. The van der Waals surface area contributed by atoms with Crippen molar-refractivity contribution in [3.8, 4) is 11.5 Å². The van der Waals surface area contributed by atoms with E-state index in [4.69, 9.17) is 14.6 Å². The molecule has 5 rings (SSSR count). The van der Waals surface area contributed by atoms with Crippen LogP contribution >= 0.6 is 0 Å². The summed E-state index contributed by atoms with van der Waals surface area (Å²) in [5.74, 6) is 3.05. The lowest BCUT2D eigenvalue weighted by molar-refractivity contribution is 0.0884. The van der Waals surface area contributed by atoms with Crippen LogP contribution in [0.1, 0.15) is 55.2 Å². The molecule has 1 aromatic heterocycles. The first-order chi connectivity index (χ1) is 14.5. The van der Waals surface area contributed by atoms with Gasteiger partial charge in [-0.2, -0.15) is 0 Å². The lowest BCUT2D eigenvalue weighted by atomic mass is 9.54. The van der Waals surface area contributed by atoms with E-state index in [0.717, 1.165) is 37.9 Å². The average molecular weight is 405 g/mol. The van der Waals surface area contributed by atoms with Gasteiger partial charge in [0.1, 0.15) is 11.5 Å². The van der Waals surface area contributed by atoms with Gasteiger partial charge in [-0.05, 0) is 95.7 Å². The number of benzene rings is 1. The van der Waals surface area contributed by atoms with Crippen LogP contribution in [0, 0.1) is 17.3 Å². The molecule has 2 aromatic rings. The van der Waals surface area contributed by atoms with Crippen LogP contribution < -0.4 is 9.47 Å². The Morgan fingerprint density at radius 1 is 1.20 bits per heavy atom. The van der Waals surface area contributed by atoms with Crippen molar-refractivity contribution in [2.75, 3.05) is 7.11 Å². The van der Waals surface area contributed by atoms with E-state index in [-0.39, 0.29) is 5.41 Å². The Morgan fingerprint density at radius 2 is 2.07 bits per heavy atom. The Hall–Kier alpha value is -2.82. The minimum absolute atomic E-state index is 0.166. The molecular formula is C25H27NO4. The van der Waals surface area contributed by atoms with Crippen molar-refractivity contribution in [3.05, 3.63) is 59.4 Å². The zero-order valence-electron chi connectivity index (χ0n) is 17.4. The summed E-state index contributed by atoms with van der Waals surface area (Å²) in [4.78, 5) is 15.3. The summed E-state index contributed by atoms with van der Waals surface area (Å²) in [5, 5.41) is 8.90. The van der Waals surface area contributed by atoms with Crippen molar-refractivity contribution in [2.45, 2.75) is 44.9 Å². The molecule has 0 saturated heterocycles. The highest BCUT2D eigenvalue weighted by Gasteiger charge is 2.52. The van der Waals surface area contributed by atoms with Gasteiger partial charge in [0.25, 0.3) is 0 Å². The topological polar surface area (TPSA) is 68.7 Å². The van der Waals surface area contributed by atoms with Crippen molar-refractivity contribution in [2.24, 2.45) is 17.3 Å². The number of fused-ring (bicyclic) bond motifs is 5. The predicted octanol–water partition coefficient (Wildman–Crippen LogP) is 5.70. The molecule has 1 saturated carbocycles. The van der Waals surface area contributed by atoms with Gasteiger partial charge in [0.2, 0.25) is 0 Å². The summed E-state index contributed by atoms with van der Waals surface area (Å²) in [7, 11) is 1.69. The average Bonchev–Trinajstić information content (AvgIpc) is 3.10. The number of aryl methyl sites for hydroxylation is 1. The number of aromatic nitrogens is 1. The number of ether oxygens (including phenoxy) is 2. The number of carboxylic acid groups (broad SMARTS) is 1. The molecule has 156 valence electrons. The second kappa shape index (κ2) is 7.15. The summed E-state index contributed by atoms with van der Waals surface area (Å²) in [6.45, 7) is 2.44. The molecule has 1 heterocycles. The van der Waals surface area contributed by atoms with Gasteiger partial charge >= 0.3 is 6.16 Å². The van der Waals surface area contributed by atoms with Gasteiger partial charge in [-0.1, -0.05) is 19.1 Å². The zero-order valence-corrected chi connectivity index (χ0v) is 17.4. The van der Waals surface area contributed by atoms with Crippen LogP contribution in [-0.2, 0) is 6.42 Å². The molecule has 0 spiro atoms. The molecule has 0 amide bonds. The van der Waals surface area contributed by atoms with Crippen molar-refractivity contribution in [1.82, 2.24) is 4.98 Å². The van der Waals surface area contributed by atoms with Gasteiger partial charge in [-0.25, -0.2) is 4.79 Å². The molecule has 4 atom stereocenters. The molecular weight excluding hydrogens is 378 g/mol. The molecule has 30 heavy (non-hydrogen) atoms. The fraction of sp³-hybridized carbons (Fsp3) is 0.440. The maximum Gasteiger partial charge on any atom is 0.511 e. The first kappa shape index (κ1) is 19.2. The Kier molecular flexibility index (Phi) is 4.57. The highest BCUT2D eigenvalue weighted by atomic mass is 16.7. The van der Waals surface area contributed by atoms with E-state index < -0.39 is 6.16 Å². The van der Waals surface area contributed by atoms with E-state index >= 15 is 0 Å². The number of allylic oxidation sites excluding steroid dienone is 2. The van der Waals surface area contributed by atoms with E-state index in [2.05, 4.69) is 30.1 Å². The maximum absolute atomic E-state index is 10.9. The van der Waals surface area contributed by atoms with Crippen molar-refractivity contribution >= 4 is 11.7 Å². The van der Waals surface area contributed by atoms with Crippen LogP contribution in [-0.4, -0.2) is 23.4 Å². The smallest absolute Gasteiger partial charge is 0.495 e. The van der Waals surface area contributed by atoms with E-state index in [0.29, 0.717) is 23.5 Å². The Bertz CT molecular complexity index is 1030. The molecule has 0 radical (unpaired) electrons. The van der Waals surface area contributed by atoms with Crippen LogP contribution in [0.25, 0.3) is 5.57 Å². The standard InChI is InChI=1S/C25H27NO4/c1-25-10-9-20-19-6-4-17(30-24(27)28)11-15(19)3-5-21(20)23(25)8-7-22(25)16-12-18(29-2)14-26-13-16/h4,6-7,11-14,20-21,23H,3,5,8-10H2,1-2H3,(H,27,28)/t20-,21-,23+,25-/m1/s1. The molecule has 0 unspecified atom stereocenters. The van der Waals surface area contributed by atoms with Crippen LogP contribution in [0.2, 0.25) is 0 Å². The summed E-state index contributed by atoms with van der Waals surface area (Å²) < 4.78 is 10.3. The van der Waals surface area contributed by atoms with Crippen LogP contribution in [0.5, 0.6) is 11.5 Å². The third-order valence-corrected chi connectivity index (χ3v) is 7.74. The first-order valence-electron chi connectivity index (χ1n) is 10.7. The number of nitrogens with zero attached hydrogens (tertiary/aromatic N) is 1. The number of carbonyl (C=O) groups is 1. The monoisotopic (exact) mass is 405 g/mol. The van der Waals surface area contributed by atoms with Crippen molar-refractivity contribution < 1.29 is 19.4 Å². The fourth-order valence-electron chi connectivity index (χ4n) is 6.42. The van der Waals surface area contributed by atoms with E-state index in [1.54, 1.807) is 13.3 Å². The number of methoxy groups -OCH3 is 1. The maximum atomic E-state index is 10.9. The molecule has 1 N–H and O–H groups in total. The minimum Gasteiger partial charge on any atom is -0.495 e. The van der Waals surface area contributed by atoms with Gasteiger partial charge in [-0.15, -0.1) is 0 Å². The third-order valence-electron chi connectivity index (χ3n) is 7.74. The predicted molar refractivity (Wildman–Crippen MR) is 114 cm³/mol. The second-order valence-electron chi connectivity index (χ2n) is 9.07. The Labute approximate surface area is 176 Å². The van der Waals surface area contributed by atoms with E-state index in [1.165, 1.54) is 22.3 Å². The largest absolute Gasteiger partial charge is 0.511 e. The quantitative estimate of drug-likeness (QED) is 0.524. The van der Waals surface area contributed by atoms with E-state index in [9.17, 15) is 4.79 Å². The number of pyridine rings is 1. The third kappa shape index (κ3) is 2.99. The highest BCUT2D eigenvalue weighted by molar-refractivity contribution is 5.73. The number of rotatable bonds is 3. The zero-order chi connectivity index (χ0) is 20.9. The summed E-state index contributed by atoms with van der Waals surface area (Å²) in [6.07, 6.45) is 10.4. The van der Waals surface area contributed by atoms with Gasteiger partial charge < -0.3 is 14.6 Å². The SMILES string of the molecule is COc1cncc(C2=CC[C@H]3[C@@H]4CCc5cc(OC(=O)O)ccc5[C@H]4CC[C@]23C)c1. The van der Waals surface area contributed by atoms with Crippen LogP contribution in [0.3, 0.4) is 0 Å². The van der Waals surface area contributed by atoms with Crippen LogP contribution in [0.15, 0.2) is 42.7 Å². The molecule has 3 aliphatic carbocycles. The van der Waals surface area contributed by atoms with E-state index in [1.807, 2.05) is 18.3 Å². The summed E-state index contributed by atoms with van der Waals surface area (Å²) >= 11 is 0. The van der Waals surface area contributed by atoms with Gasteiger partial charge in [-0.3, -0.25) is 4.98 Å². The number of hydrogen-bond donors (Lipinski definition) is 1. The second-order valence-corrected chi connectivity index (χ2v) is 9.07. The molecule has 1 fully saturated rings. The molecule has 0 aliphatic heterocycles. The van der Waals surface area contributed by atoms with Crippen LogP contribution in [0.4, 0.5) is 4.79 Å². The molecule has 5 heteroatoms. The summed E-state index contributed by atoms with van der Waals surface area (Å²) in [6, 6.07) is 7.94. The van der Waals surface area contributed by atoms with Gasteiger partial charge in [0.05, 0.1) is 13.3 Å².